The molecule has 1 N–H and O–H groups in total. The summed E-state index contributed by atoms with van der Waals surface area (Å²) in [6.45, 7) is 2.03. The second-order valence-electron chi connectivity index (χ2n) is 2.73. The summed E-state index contributed by atoms with van der Waals surface area (Å²) in [6.07, 6.45) is 2.01. The number of hydrogen-bond acceptors (Lipinski definition) is 5. The van der Waals surface area contributed by atoms with Gasteiger partial charge < -0.3 is 10.1 Å². The summed E-state index contributed by atoms with van der Waals surface area (Å²) >= 11 is 3.82. The Kier molecular flexibility index (Phi) is 5.06. The number of hydrogen-bond donors (Lipinski definition) is 2. The number of carbonyl (C=O) groups is 1. The van der Waals surface area contributed by atoms with Crippen LogP contribution in [0.2, 0.25) is 0 Å². The van der Waals surface area contributed by atoms with Gasteiger partial charge in [-0.2, -0.15) is 0 Å². The molecule has 0 aliphatic carbocycles. The van der Waals surface area contributed by atoms with Crippen LogP contribution >= 0.6 is 22.5 Å². The lowest BCUT2D eigenvalue weighted by Crippen LogP contribution is -2.37. The zero-order chi connectivity index (χ0) is 8.81. The van der Waals surface area contributed by atoms with Gasteiger partial charge in [0, 0.05) is 19.3 Å². The van der Waals surface area contributed by atoms with E-state index in [1.165, 1.54) is 0 Å². The largest absolute Gasteiger partial charge is 0.381 e. The predicted octanol–water partition coefficient (Wildman–Crippen LogP) is 0.860. The van der Waals surface area contributed by atoms with Crippen LogP contribution in [0.3, 0.4) is 0 Å². The van der Waals surface area contributed by atoms with E-state index in [4.69, 9.17) is 4.74 Å². The van der Waals surface area contributed by atoms with Crippen LogP contribution in [0.15, 0.2) is 0 Å². The Morgan fingerprint density at radius 2 is 2.25 bits per heavy atom. The van der Waals surface area contributed by atoms with E-state index in [1.807, 2.05) is 0 Å². The molecule has 0 saturated carbocycles. The van der Waals surface area contributed by atoms with Crippen molar-refractivity contribution >= 4 is 27.6 Å². The SMILES string of the molecule is O=C(CNC1CCOCC1)SS. The average Bonchev–Trinajstić information content (AvgIpc) is 2.16. The molecule has 0 unspecified atom stereocenters. The van der Waals surface area contributed by atoms with E-state index in [9.17, 15) is 4.79 Å². The highest BCUT2D eigenvalue weighted by atomic mass is 33.1. The molecule has 1 fully saturated rings. The van der Waals surface area contributed by atoms with E-state index in [-0.39, 0.29) is 5.12 Å². The van der Waals surface area contributed by atoms with Crippen molar-refractivity contribution in [3.8, 4) is 0 Å². The first-order valence-electron chi connectivity index (χ1n) is 3.98. The van der Waals surface area contributed by atoms with Crippen LogP contribution in [0.4, 0.5) is 0 Å². The molecule has 0 aromatic heterocycles. The Labute approximate surface area is 81.4 Å². The Bertz CT molecular complexity index is 148. The van der Waals surface area contributed by atoms with Gasteiger partial charge in [0.1, 0.15) is 0 Å². The lowest BCUT2D eigenvalue weighted by molar-refractivity contribution is -0.110. The smallest absolute Gasteiger partial charge is 0.212 e. The van der Waals surface area contributed by atoms with Gasteiger partial charge in [0.05, 0.1) is 6.54 Å². The molecule has 5 heteroatoms. The van der Waals surface area contributed by atoms with Crippen molar-refractivity contribution in [2.45, 2.75) is 18.9 Å². The summed E-state index contributed by atoms with van der Waals surface area (Å²) in [4.78, 5) is 10.8. The van der Waals surface area contributed by atoms with E-state index in [1.54, 1.807) is 0 Å². The maximum Gasteiger partial charge on any atom is 0.212 e. The van der Waals surface area contributed by atoms with Gasteiger partial charge in [-0.15, -0.1) is 11.7 Å². The highest BCUT2D eigenvalue weighted by Crippen LogP contribution is 2.08. The van der Waals surface area contributed by atoms with E-state index in [0.717, 1.165) is 36.8 Å². The molecule has 1 aliphatic rings. The van der Waals surface area contributed by atoms with Gasteiger partial charge in [-0.3, -0.25) is 4.79 Å². The average molecular weight is 207 g/mol. The van der Waals surface area contributed by atoms with Crippen molar-refractivity contribution in [3.63, 3.8) is 0 Å². The van der Waals surface area contributed by atoms with E-state index in [2.05, 4.69) is 17.0 Å². The Balaban J connectivity index is 2.09. The van der Waals surface area contributed by atoms with Crippen molar-refractivity contribution < 1.29 is 9.53 Å². The summed E-state index contributed by atoms with van der Waals surface area (Å²) in [6, 6.07) is 0.447. The van der Waals surface area contributed by atoms with Gasteiger partial charge >= 0.3 is 0 Å². The number of carbonyl (C=O) groups excluding carboxylic acids is 1. The van der Waals surface area contributed by atoms with Crippen LogP contribution in [-0.4, -0.2) is 30.9 Å². The van der Waals surface area contributed by atoms with Crippen molar-refractivity contribution in [1.82, 2.24) is 5.32 Å². The van der Waals surface area contributed by atoms with Crippen molar-refractivity contribution in [1.29, 1.82) is 0 Å². The molecule has 1 saturated heterocycles. The third kappa shape index (κ3) is 3.80. The fraction of sp³-hybridized carbons (Fsp3) is 0.857. The first-order valence-corrected chi connectivity index (χ1v) is 5.85. The molecule has 0 aromatic carbocycles. The van der Waals surface area contributed by atoms with Gasteiger partial charge in [-0.25, -0.2) is 0 Å². The van der Waals surface area contributed by atoms with Crippen molar-refractivity contribution in [3.05, 3.63) is 0 Å². The molecular formula is C7H13NO2S2. The molecule has 1 heterocycles. The van der Waals surface area contributed by atoms with Crippen molar-refractivity contribution in [2.24, 2.45) is 0 Å². The summed E-state index contributed by atoms with van der Waals surface area (Å²) in [5.41, 5.74) is 0. The van der Waals surface area contributed by atoms with Crippen LogP contribution in [-0.2, 0) is 9.53 Å². The minimum absolute atomic E-state index is 0.0739. The summed E-state index contributed by atoms with van der Waals surface area (Å²) < 4.78 is 5.19. The quantitative estimate of drug-likeness (QED) is 0.532. The van der Waals surface area contributed by atoms with Gasteiger partial charge in [0.25, 0.3) is 0 Å². The molecule has 12 heavy (non-hydrogen) atoms. The lowest BCUT2D eigenvalue weighted by Gasteiger charge is -2.22. The Hall–Kier alpha value is 0.290. The topological polar surface area (TPSA) is 38.3 Å². The first-order chi connectivity index (χ1) is 5.83. The van der Waals surface area contributed by atoms with Crippen LogP contribution in [0.25, 0.3) is 0 Å². The normalized spacial score (nSPS) is 19.4. The monoisotopic (exact) mass is 207 g/mol. The zero-order valence-electron chi connectivity index (χ0n) is 6.78. The molecule has 1 aliphatic heterocycles. The zero-order valence-corrected chi connectivity index (χ0v) is 8.50. The third-order valence-corrected chi connectivity index (χ3v) is 2.82. The minimum atomic E-state index is 0.0739. The van der Waals surface area contributed by atoms with Crippen LogP contribution < -0.4 is 5.32 Å². The number of ether oxygens (including phenoxy) is 1. The maximum atomic E-state index is 10.8. The van der Waals surface area contributed by atoms with Crippen LogP contribution in [0.5, 0.6) is 0 Å². The molecule has 3 nitrogen and oxygen atoms in total. The standard InChI is InChI=1S/C7H13NO2S2/c9-7(12-11)5-8-6-1-3-10-4-2-6/h6,8,11H,1-5H2. The maximum absolute atomic E-state index is 10.8. The Morgan fingerprint density at radius 1 is 1.58 bits per heavy atom. The predicted molar refractivity (Wildman–Crippen MR) is 53.4 cm³/mol. The second-order valence-corrected chi connectivity index (χ2v) is 3.92. The highest BCUT2D eigenvalue weighted by Gasteiger charge is 2.13. The molecule has 0 aromatic rings. The van der Waals surface area contributed by atoms with Crippen LogP contribution in [0.1, 0.15) is 12.8 Å². The molecule has 0 bridgehead atoms. The molecule has 0 amide bonds. The number of thiol groups is 1. The van der Waals surface area contributed by atoms with Gasteiger partial charge in [0.2, 0.25) is 5.12 Å². The molecule has 0 atom stereocenters. The fourth-order valence-electron chi connectivity index (χ4n) is 1.16. The van der Waals surface area contributed by atoms with Gasteiger partial charge in [0.15, 0.2) is 0 Å². The molecule has 1 rings (SSSR count). The van der Waals surface area contributed by atoms with Crippen molar-refractivity contribution in [2.75, 3.05) is 19.8 Å². The van der Waals surface area contributed by atoms with Gasteiger partial charge in [-0.1, -0.05) is 0 Å². The fourth-order valence-corrected chi connectivity index (χ4v) is 1.50. The number of nitrogens with one attached hydrogen (secondary N) is 1. The molecular weight excluding hydrogens is 194 g/mol. The summed E-state index contributed by atoms with van der Waals surface area (Å²) in [5.74, 6) is 0. The van der Waals surface area contributed by atoms with E-state index in [0.29, 0.717) is 12.6 Å². The second kappa shape index (κ2) is 5.85. The summed E-state index contributed by atoms with van der Waals surface area (Å²) in [5, 5.41) is 3.25. The minimum Gasteiger partial charge on any atom is -0.381 e. The van der Waals surface area contributed by atoms with E-state index >= 15 is 0 Å². The Morgan fingerprint density at radius 3 is 2.83 bits per heavy atom. The number of rotatable bonds is 3. The van der Waals surface area contributed by atoms with E-state index < -0.39 is 0 Å². The first kappa shape index (κ1) is 10.4. The summed E-state index contributed by atoms with van der Waals surface area (Å²) in [7, 11) is 0.975. The molecule has 70 valence electrons. The van der Waals surface area contributed by atoms with Crippen LogP contribution in [0, 0.1) is 0 Å². The lowest BCUT2D eigenvalue weighted by atomic mass is 10.1. The van der Waals surface area contributed by atoms with Gasteiger partial charge in [-0.05, 0) is 23.6 Å². The third-order valence-electron chi connectivity index (χ3n) is 1.86. The molecule has 0 radical (unpaired) electrons. The highest BCUT2D eigenvalue weighted by molar-refractivity contribution is 8.74. The molecule has 0 spiro atoms.